The van der Waals surface area contributed by atoms with Crippen molar-refractivity contribution in [2.45, 2.75) is 181 Å². The Morgan fingerprint density at radius 2 is 0.628 bits per heavy atom. The molecule has 43 heavy (non-hydrogen) atoms. The molecule has 0 aromatic heterocycles. The van der Waals surface area contributed by atoms with Crippen molar-refractivity contribution in [1.29, 1.82) is 0 Å². The van der Waals surface area contributed by atoms with Gasteiger partial charge >= 0.3 is 0 Å². The Kier molecular flexibility index (Phi) is 33.1. The first kappa shape index (κ1) is 42.8. The predicted molar refractivity (Wildman–Crippen MR) is 193 cm³/mol. The van der Waals surface area contributed by atoms with Crippen LogP contribution in [-0.4, -0.2) is 77.5 Å². The van der Waals surface area contributed by atoms with E-state index < -0.39 is 0 Å². The van der Waals surface area contributed by atoms with Gasteiger partial charge in [-0.25, -0.2) is 0 Å². The highest BCUT2D eigenvalue weighted by atomic mass is 16.5. The molecule has 0 saturated heterocycles. The molecule has 4 nitrogen and oxygen atoms in total. The molecule has 0 aliphatic rings. The minimum atomic E-state index is 0.114. The van der Waals surface area contributed by atoms with Crippen LogP contribution in [0.1, 0.15) is 181 Å². The molecule has 260 valence electrons. The molecule has 0 aromatic rings. The summed E-state index contributed by atoms with van der Waals surface area (Å²) >= 11 is 0. The fraction of sp³-hybridized carbons (Fsp3) is 1.00. The number of nitrogens with zero attached hydrogens (tertiary/aromatic N) is 2. The van der Waals surface area contributed by atoms with Crippen molar-refractivity contribution in [3.63, 3.8) is 0 Å². The molecule has 0 rings (SSSR count). The second-order valence-corrected chi connectivity index (χ2v) is 14.5. The molecule has 4 heteroatoms. The van der Waals surface area contributed by atoms with E-state index in [9.17, 15) is 0 Å². The zero-order valence-corrected chi connectivity index (χ0v) is 30.8. The summed E-state index contributed by atoms with van der Waals surface area (Å²) in [4.78, 5) is 4.64. The molecule has 0 spiro atoms. The van der Waals surface area contributed by atoms with Gasteiger partial charge in [0.2, 0.25) is 0 Å². The SMILES string of the molecule is CCCCCCCCCCCCCCOCC(CCN(C)C)(CCN(C)C)COCCCCCCCCCCCCCC. The molecular weight excluding hydrogens is 528 g/mol. The maximum atomic E-state index is 6.41. The maximum Gasteiger partial charge on any atom is 0.0545 e. The summed E-state index contributed by atoms with van der Waals surface area (Å²) in [5.41, 5.74) is 0.114. The Labute approximate surface area is 272 Å². The molecule has 0 unspecified atom stereocenters. The Morgan fingerprint density at radius 1 is 0.372 bits per heavy atom. The summed E-state index contributed by atoms with van der Waals surface area (Å²) in [5.74, 6) is 0. The molecule has 0 amide bonds. The zero-order valence-electron chi connectivity index (χ0n) is 30.8. The molecular formula is C39H82N2O2. The molecule has 0 atom stereocenters. The minimum Gasteiger partial charge on any atom is -0.381 e. The van der Waals surface area contributed by atoms with E-state index in [1.807, 2.05) is 0 Å². The lowest BCUT2D eigenvalue weighted by atomic mass is 9.82. The quantitative estimate of drug-likeness (QED) is 0.0659. The van der Waals surface area contributed by atoms with Crippen molar-refractivity contribution in [2.75, 3.05) is 67.7 Å². The largest absolute Gasteiger partial charge is 0.381 e. The smallest absolute Gasteiger partial charge is 0.0545 e. The van der Waals surface area contributed by atoms with Crippen molar-refractivity contribution in [2.24, 2.45) is 5.41 Å². The van der Waals surface area contributed by atoms with Crippen molar-refractivity contribution >= 4 is 0 Å². The van der Waals surface area contributed by atoms with Crippen molar-refractivity contribution in [3.8, 4) is 0 Å². The van der Waals surface area contributed by atoms with Gasteiger partial charge in [-0.3, -0.25) is 0 Å². The van der Waals surface area contributed by atoms with Crippen LogP contribution >= 0.6 is 0 Å². The van der Waals surface area contributed by atoms with Crippen LogP contribution in [0, 0.1) is 5.41 Å². The number of unbranched alkanes of at least 4 members (excludes halogenated alkanes) is 22. The molecule has 0 saturated carbocycles. The van der Waals surface area contributed by atoms with Gasteiger partial charge in [-0.1, -0.05) is 155 Å². The van der Waals surface area contributed by atoms with Gasteiger partial charge in [-0.15, -0.1) is 0 Å². The highest BCUT2D eigenvalue weighted by Crippen LogP contribution is 2.29. The summed E-state index contributed by atoms with van der Waals surface area (Å²) in [6.45, 7) is 10.3. The first-order valence-corrected chi connectivity index (χ1v) is 19.4. The van der Waals surface area contributed by atoms with Crippen LogP contribution in [0.5, 0.6) is 0 Å². The van der Waals surface area contributed by atoms with Crippen molar-refractivity contribution < 1.29 is 9.47 Å². The van der Waals surface area contributed by atoms with E-state index in [2.05, 4.69) is 51.8 Å². The number of ether oxygens (including phenoxy) is 2. The normalized spacial score (nSPS) is 12.3. The van der Waals surface area contributed by atoms with E-state index in [-0.39, 0.29) is 5.41 Å². The maximum absolute atomic E-state index is 6.41. The van der Waals surface area contributed by atoms with Gasteiger partial charge in [0.1, 0.15) is 0 Å². The standard InChI is InChI=1S/C39H82N2O2/c1-7-9-11-13-15-17-19-21-23-25-27-29-35-42-37-39(31-33-40(3)4,32-34-41(5)6)38-43-36-30-28-26-24-22-20-18-16-14-12-10-8-2/h7-38H2,1-6H3. The predicted octanol–water partition coefficient (Wildman–Crippen LogP) is 11.3. The average molecular weight is 611 g/mol. The first-order chi connectivity index (χ1) is 21.0. The highest BCUT2D eigenvalue weighted by Gasteiger charge is 2.31. The molecule has 0 aliphatic carbocycles. The third-order valence-corrected chi connectivity index (χ3v) is 9.28. The van der Waals surface area contributed by atoms with Gasteiger partial charge in [0.25, 0.3) is 0 Å². The third kappa shape index (κ3) is 31.6. The van der Waals surface area contributed by atoms with E-state index >= 15 is 0 Å². The van der Waals surface area contributed by atoms with Crippen LogP contribution in [0.15, 0.2) is 0 Å². The van der Waals surface area contributed by atoms with E-state index in [4.69, 9.17) is 9.47 Å². The van der Waals surface area contributed by atoms with Gasteiger partial charge in [0, 0.05) is 18.6 Å². The minimum absolute atomic E-state index is 0.114. The fourth-order valence-electron chi connectivity index (χ4n) is 6.04. The van der Waals surface area contributed by atoms with Gasteiger partial charge in [0.15, 0.2) is 0 Å². The monoisotopic (exact) mass is 611 g/mol. The van der Waals surface area contributed by atoms with E-state index in [0.717, 1.165) is 52.4 Å². The Bertz CT molecular complexity index is 479. The molecule has 0 bridgehead atoms. The van der Waals surface area contributed by atoms with Gasteiger partial charge in [-0.2, -0.15) is 0 Å². The Balaban J connectivity index is 4.21. The van der Waals surface area contributed by atoms with E-state index in [0.29, 0.717) is 0 Å². The number of rotatable bonds is 36. The second kappa shape index (κ2) is 33.2. The van der Waals surface area contributed by atoms with Crippen LogP contribution in [0.3, 0.4) is 0 Å². The number of hydrogen-bond donors (Lipinski definition) is 0. The second-order valence-electron chi connectivity index (χ2n) is 14.5. The summed E-state index contributed by atoms with van der Waals surface area (Å²) in [6, 6.07) is 0. The summed E-state index contributed by atoms with van der Waals surface area (Å²) in [6.07, 6.45) is 35.6. The summed E-state index contributed by atoms with van der Waals surface area (Å²) in [7, 11) is 8.77. The van der Waals surface area contributed by atoms with Gasteiger partial charge < -0.3 is 19.3 Å². The highest BCUT2D eigenvalue weighted by molar-refractivity contribution is 4.81. The first-order valence-electron chi connectivity index (χ1n) is 19.4. The molecule has 0 heterocycles. The van der Waals surface area contributed by atoms with Crippen LogP contribution in [-0.2, 0) is 9.47 Å². The van der Waals surface area contributed by atoms with Crippen LogP contribution in [0.25, 0.3) is 0 Å². The summed E-state index contributed by atoms with van der Waals surface area (Å²) in [5, 5.41) is 0. The number of hydrogen-bond acceptors (Lipinski definition) is 4. The molecule has 0 radical (unpaired) electrons. The lowest BCUT2D eigenvalue weighted by molar-refractivity contribution is -0.0388. The van der Waals surface area contributed by atoms with Crippen molar-refractivity contribution in [1.82, 2.24) is 9.80 Å². The van der Waals surface area contributed by atoms with E-state index in [1.54, 1.807) is 0 Å². The Hall–Kier alpha value is -0.160. The zero-order chi connectivity index (χ0) is 31.7. The topological polar surface area (TPSA) is 24.9 Å². The molecule has 0 aliphatic heterocycles. The molecule has 0 fully saturated rings. The third-order valence-electron chi connectivity index (χ3n) is 9.28. The van der Waals surface area contributed by atoms with Gasteiger partial charge in [0.05, 0.1) is 13.2 Å². The molecule has 0 aromatic carbocycles. The average Bonchev–Trinajstić information content (AvgIpc) is 2.99. The van der Waals surface area contributed by atoms with E-state index in [1.165, 1.54) is 154 Å². The van der Waals surface area contributed by atoms with Crippen molar-refractivity contribution in [3.05, 3.63) is 0 Å². The lowest BCUT2D eigenvalue weighted by Gasteiger charge is -2.35. The Morgan fingerprint density at radius 3 is 0.884 bits per heavy atom. The fourth-order valence-corrected chi connectivity index (χ4v) is 6.04. The van der Waals surface area contributed by atoms with Crippen LogP contribution in [0.4, 0.5) is 0 Å². The molecule has 0 N–H and O–H groups in total. The van der Waals surface area contributed by atoms with Crippen LogP contribution < -0.4 is 0 Å². The summed E-state index contributed by atoms with van der Waals surface area (Å²) < 4.78 is 12.8. The van der Waals surface area contributed by atoms with Gasteiger partial charge in [-0.05, 0) is 67.0 Å². The van der Waals surface area contributed by atoms with Crippen LogP contribution in [0.2, 0.25) is 0 Å². The lowest BCUT2D eigenvalue weighted by Crippen LogP contribution is -2.38.